The standard InChI is InChI=1S/C16H25FN2O2S/c1-13(6-7-14-4-3-5-15(17)12-14)19-10-8-16(9-11-19)18-22(2,20)21/h3-5,12-13,16,18H,6-11H2,1-2H3/t13-/m0/s1. The molecule has 124 valence electrons. The minimum Gasteiger partial charge on any atom is -0.301 e. The van der Waals surface area contributed by atoms with Gasteiger partial charge in [-0.1, -0.05) is 12.1 Å². The molecule has 1 saturated heterocycles. The van der Waals surface area contributed by atoms with Crippen LogP contribution in [0, 0.1) is 5.82 Å². The van der Waals surface area contributed by atoms with Gasteiger partial charge in [0.25, 0.3) is 0 Å². The van der Waals surface area contributed by atoms with E-state index in [9.17, 15) is 12.8 Å². The molecular formula is C16H25FN2O2S. The van der Waals surface area contributed by atoms with Crippen LogP contribution in [0.15, 0.2) is 24.3 Å². The summed E-state index contributed by atoms with van der Waals surface area (Å²) in [5.41, 5.74) is 1.03. The quantitative estimate of drug-likeness (QED) is 0.870. The molecule has 0 aliphatic carbocycles. The summed E-state index contributed by atoms with van der Waals surface area (Å²) in [4.78, 5) is 2.39. The van der Waals surface area contributed by atoms with E-state index < -0.39 is 10.0 Å². The average Bonchev–Trinajstić information content (AvgIpc) is 2.44. The van der Waals surface area contributed by atoms with Crippen LogP contribution in [0.4, 0.5) is 4.39 Å². The van der Waals surface area contributed by atoms with Gasteiger partial charge in [-0.15, -0.1) is 0 Å². The van der Waals surface area contributed by atoms with Crippen LogP contribution in [-0.2, 0) is 16.4 Å². The largest absolute Gasteiger partial charge is 0.301 e. The lowest BCUT2D eigenvalue weighted by Crippen LogP contribution is -2.47. The minimum absolute atomic E-state index is 0.0571. The zero-order valence-electron chi connectivity index (χ0n) is 13.3. The van der Waals surface area contributed by atoms with E-state index in [1.165, 1.54) is 12.3 Å². The number of benzene rings is 1. The number of halogens is 1. The Morgan fingerprint density at radius 3 is 2.64 bits per heavy atom. The number of sulfonamides is 1. The molecular weight excluding hydrogens is 303 g/mol. The molecule has 1 atom stereocenters. The van der Waals surface area contributed by atoms with E-state index >= 15 is 0 Å². The van der Waals surface area contributed by atoms with Crippen LogP contribution >= 0.6 is 0 Å². The molecule has 0 amide bonds. The summed E-state index contributed by atoms with van der Waals surface area (Å²) in [5, 5.41) is 0. The number of hydrogen-bond acceptors (Lipinski definition) is 3. The Labute approximate surface area is 132 Å². The second-order valence-electron chi connectivity index (χ2n) is 6.22. The maximum Gasteiger partial charge on any atom is 0.208 e. The fourth-order valence-corrected chi connectivity index (χ4v) is 3.85. The molecule has 2 rings (SSSR count). The fourth-order valence-electron chi connectivity index (χ4n) is 3.01. The van der Waals surface area contributed by atoms with Crippen LogP contribution in [0.3, 0.4) is 0 Å². The van der Waals surface area contributed by atoms with Gasteiger partial charge >= 0.3 is 0 Å². The van der Waals surface area contributed by atoms with E-state index in [4.69, 9.17) is 0 Å². The maximum absolute atomic E-state index is 13.2. The molecule has 0 radical (unpaired) electrons. The monoisotopic (exact) mass is 328 g/mol. The molecule has 0 spiro atoms. The molecule has 1 aliphatic heterocycles. The van der Waals surface area contributed by atoms with Gasteiger partial charge in [0.1, 0.15) is 5.82 Å². The second kappa shape index (κ2) is 7.53. The molecule has 1 aliphatic rings. The normalized spacial score (nSPS) is 19.2. The molecule has 0 bridgehead atoms. The third kappa shape index (κ3) is 5.66. The van der Waals surface area contributed by atoms with Crippen molar-refractivity contribution in [2.24, 2.45) is 0 Å². The molecule has 22 heavy (non-hydrogen) atoms. The Morgan fingerprint density at radius 1 is 1.36 bits per heavy atom. The Morgan fingerprint density at radius 2 is 2.05 bits per heavy atom. The van der Waals surface area contributed by atoms with Gasteiger partial charge in [-0.3, -0.25) is 0 Å². The first kappa shape index (κ1) is 17.4. The molecule has 6 heteroatoms. The molecule has 1 aromatic rings. The van der Waals surface area contributed by atoms with Crippen LogP contribution in [0.25, 0.3) is 0 Å². The number of piperidine rings is 1. The topological polar surface area (TPSA) is 49.4 Å². The van der Waals surface area contributed by atoms with Crippen molar-refractivity contribution in [3.63, 3.8) is 0 Å². The molecule has 0 aromatic heterocycles. The Balaban J connectivity index is 1.76. The zero-order chi connectivity index (χ0) is 16.2. The van der Waals surface area contributed by atoms with Crippen LogP contribution in [0.2, 0.25) is 0 Å². The maximum atomic E-state index is 13.2. The van der Waals surface area contributed by atoms with Gasteiger partial charge in [0.15, 0.2) is 0 Å². The first-order valence-corrected chi connectivity index (χ1v) is 9.68. The first-order chi connectivity index (χ1) is 10.3. The van der Waals surface area contributed by atoms with E-state index in [1.54, 1.807) is 12.1 Å². The molecule has 1 fully saturated rings. The van der Waals surface area contributed by atoms with Crippen LogP contribution in [-0.4, -0.2) is 44.7 Å². The Kier molecular flexibility index (Phi) is 5.94. The van der Waals surface area contributed by atoms with Gasteiger partial charge in [0.05, 0.1) is 6.26 Å². The molecule has 4 nitrogen and oxygen atoms in total. The summed E-state index contributed by atoms with van der Waals surface area (Å²) in [6.45, 7) is 3.98. The van der Waals surface area contributed by atoms with Crippen molar-refractivity contribution < 1.29 is 12.8 Å². The zero-order valence-corrected chi connectivity index (χ0v) is 14.1. The smallest absolute Gasteiger partial charge is 0.208 e. The minimum atomic E-state index is -3.12. The van der Waals surface area contributed by atoms with Crippen molar-refractivity contribution in [2.75, 3.05) is 19.3 Å². The predicted molar refractivity (Wildman–Crippen MR) is 86.8 cm³/mol. The number of rotatable bonds is 6. The summed E-state index contributed by atoms with van der Waals surface area (Å²) in [6.07, 6.45) is 4.74. The van der Waals surface area contributed by atoms with Gasteiger partial charge in [-0.05, 0) is 63.4 Å². The van der Waals surface area contributed by atoms with Crippen molar-refractivity contribution in [2.45, 2.75) is 44.7 Å². The summed E-state index contributed by atoms with van der Waals surface area (Å²) in [6, 6.07) is 7.24. The van der Waals surface area contributed by atoms with Crippen molar-refractivity contribution in [1.82, 2.24) is 9.62 Å². The average molecular weight is 328 g/mol. The summed E-state index contributed by atoms with van der Waals surface area (Å²) in [5.74, 6) is -0.183. The highest BCUT2D eigenvalue weighted by molar-refractivity contribution is 7.88. The van der Waals surface area contributed by atoms with Crippen LogP contribution in [0.5, 0.6) is 0 Å². The third-order valence-electron chi connectivity index (χ3n) is 4.27. The number of nitrogens with zero attached hydrogens (tertiary/aromatic N) is 1. The molecule has 1 heterocycles. The lowest BCUT2D eigenvalue weighted by Gasteiger charge is -2.36. The van der Waals surface area contributed by atoms with Crippen molar-refractivity contribution >= 4 is 10.0 Å². The van der Waals surface area contributed by atoms with Gasteiger partial charge < -0.3 is 4.90 Å². The van der Waals surface area contributed by atoms with Gasteiger partial charge in [0.2, 0.25) is 10.0 Å². The summed E-state index contributed by atoms with van der Waals surface area (Å²) < 4.78 is 38.3. The molecule has 1 N–H and O–H groups in total. The van der Waals surface area contributed by atoms with Gasteiger partial charge in [-0.2, -0.15) is 0 Å². The van der Waals surface area contributed by atoms with Crippen molar-refractivity contribution in [3.05, 3.63) is 35.6 Å². The first-order valence-electron chi connectivity index (χ1n) is 7.79. The Bertz CT molecular complexity index is 584. The SMILES string of the molecule is C[C@@H](CCc1cccc(F)c1)N1CCC(NS(C)(=O)=O)CC1. The second-order valence-corrected chi connectivity index (χ2v) is 8.00. The van der Waals surface area contributed by atoms with E-state index in [0.29, 0.717) is 6.04 Å². The van der Waals surface area contributed by atoms with E-state index in [1.807, 2.05) is 6.07 Å². The lowest BCUT2D eigenvalue weighted by atomic mass is 10.0. The Hall–Kier alpha value is -0.980. The van der Waals surface area contributed by atoms with E-state index in [2.05, 4.69) is 16.5 Å². The van der Waals surface area contributed by atoms with Gasteiger partial charge in [-0.25, -0.2) is 17.5 Å². The van der Waals surface area contributed by atoms with E-state index in [0.717, 1.165) is 44.3 Å². The number of aryl methyl sites for hydroxylation is 1. The fraction of sp³-hybridized carbons (Fsp3) is 0.625. The van der Waals surface area contributed by atoms with Crippen molar-refractivity contribution in [3.8, 4) is 0 Å². The highest BCUT2D eigenvalue weighted by atomic mass is 32.2. The molecule has 1 aromatic carbocycles. The van der Waals surface area contributed by atoms with Crippen molar-refractivity contribution in [1.29, 1.82) is 0 Å². The lowest BCUT2D eigenvalue weighted by molar-refractivity contribution is 0.152. The third-order valence-corrected chi connectivity index (χ3v) is 5.03. The summed E-state index contributed by atoms with van der Waals surface area (Å²) in [7, 11) is -3.12. The molecule has 0 saturated carbocycles. The van der Waals surface area contributed by atoms with E-state index in [-0.39, 0.29) is 11.9 Å². The predicted octanol–water partition coefficient (Wildman–Crippen LogP) is 2.16. The van der Waals surface area contributed by atoms with Gasteiger partial charge in [0, 0.05) is 12.1 Å². The van der Waals surface area contributed by atoms with Crippen LogP contribution in [0.1, 0.15) is 31.7 Å². The van der Waals surface area contributed by atoms with Crippen LogP contribution < -0.4 is 4.72 Å². The number of hydrogen-bond donors (Lipinski definition) is 1. The number of likely N-dealkylation sites (tertiary alicyclic amines) is 1. The highest BCUT2D eigenvalue weighted by Crippen LogP contribution is 2.17. The number of nitrogens with one attached hydrogen (secondary N) is 1. The summed E-state index contributed by atoms with van der Waals surface area (Å²) >= 11 is 0. The molecule has 0 unspecified atom stereocenters. The highest BCUT2D eigenvalue weighted by Gasteiger charge is 2.24.